The van der Waals surface area contributed by atoms with E-state index in [2.05, 4.69) is 9.13 Å². The number of allylic oxidation sites excluding steroid dienone is 4. The molecule has 0 saturated heterocycles. The summed E-state index contributed by atoms with van der Waals surface area (Å²) in [5.74, 6) is -0.622. The average Bonchev–Trinajstić information content (AvgIpc) is 4.06. The van der Waals surface area contributed by atoms with Gasteiger partial charge in [0.05, 0.1) is 50.3 Å². The second kappa shape index (κ2) is 11.4. The number of carbonyl (C=O) groups is 2. The molecule has 0 N–H and O–H groups in total. The van der Waals surface area contributed by atoms with Gasteiger partial charge in [-0.15, -0.1) is 45.3 Å². The topological polar surface area (TPSA) is 164 Å². The summed E-state index contributed by atoms with van der Waals surface area (Å²) in [7, 11) is 4.03. The average molecular weight is 769 g/mol. The number of carbonyl (C=O) groups excluding carboxylic acids is 2. The van der Waals surface area contributed by atoms with E-state index >= 15 is 0 Å². The maximum absolute atomic E-state index is 13.5. The van der Waals surface area contributed by atoms with Gasteiger partial charge in [-0.05, 0) is 23.3 Å². The summed E-state index contributed by atoms with van der Waals surface area (Å²) < 4.78 is 10.9. The van der Waals surface area contributed by atoms with Crippen LogP contribution < -0.4 is 0 Å². The molecule has 2 aromatic carbocycles. The number of hydrogen-bond donors (Lipinski definition) is 0. The number of aliphatic imine (C=N–C) groups is 2. The lowest BCUT2D eigenvalue weighted by Gasteiger charge is -2.00. The number of rotatable bonds is 2. The van der Waals surface area contributed by atoms with Crippen molar-refractivity contribution >= 4 is 140 Å². The number of hydrogen-bond acceptors (Lipinski definition) is 12. The van der Waals surface area contributed by atoms with Gasteiger partial charge in [0, 0.05) is 36.4 Å². The van der Waals surface area contributed by atoms with Crippen LogP contribution in [0.15, 0.2) is 81.8 Å². The van der Waals surface area contributed by atoms with Gasteiger partial charge in [-0.1, -0.05) is 48.5 Å². The Balaban J connectivity index is 1.10. The third kappa shape index (κ3) is 4.08. The molecule has 10 nitrogen and oxygen atoms in total. The van der Waals surface area contributed by atoms with Gasteiger partial charge >= 0.3 is 0 Å². The van der Waals surface area contributed by atoms with Crippen LogP contribution in [-0.4, -0.2) is 32.1 Å². The Morgan fingerprint density at radius 1 is 0.537 bits per heavy atom. The van der Waals surface area contributed by atoms with Crippen molar-refractivity contribution in [1.29, 1.82) is 21.0 Å². The molecule has 14 heteroatoms. The molecule has 54 heavy (non-hydrogen) atoms. The predicted molar refractivity (Wildman–Crippen MR) is 215 cm³/mol. The molecule has 8 aromatic rings. The largest absolute Gasteiger partial charge is 0.341 e. The van der Waals surface area contributed by atoms with Crippen molar-refractivity contribution in [2.45, 2.75) is 0 Å². The van der Waals surface area contributed by atoms with E-state index in [4.69, 9.17) is 9.98 Å². The number of ketones is 2. The van der Waals surface area contributed by atoms with Gasteiger partial charge in [0.1, 0.15) is 56.8 Å². The Kier molecular flexibility index (Phi) is 6.71. The maximum atomic E-state index is 13.5. The minimum absolute atomic E-state index is 0.101. The fourth-order valence-electron chi connectivity index (χ4n) is 7.49. The number of nitriles is 4. The van der Waals surface area contributed by atoms with E-state index in [1.807, 2.05) is 50.5 Å². The van der Waals surface area contributed by atoms with Gasteiger partial charge in [-0.2, -0.15) is 21.0 Å². The summed E-state index contributed by atoms with van der Waals surface area (Å²) in [4.78, 5) is 36.5. The van der Waals surface area contributed by atoms with Crippen molar-refractivity contribution in [1.82, 2.24) is 9.13 Å². The van der Waals surface area contributed by atoms with Crippen molar-refractivity contribution in [2.75, 3.05) is 0 Å². The highest BCUT2D eigenvalue weighted by molar-refractivity contribution is 7.40. The molecule has 0 unspecified atom stereocenters. The second-order valence-electron chi connectivity index (χ2n) is 12.6. The third-order valence-corrected chi connectivity index (χ3v) is 14.7. The first-order chi connectivity index (χ1) is 26.3. The van der Waals surface area contributed by atoms with Gasteiger partial charge in [0.2, 0.25) is 11.6 Å². The smallest absolute Gasteiger partial charge is 0.212 e. The van der Waals surface area contributed by atoms with E-state index in [0.29, 0.717) is 32.3 Å². The van der Waals surface area contributed by atoms with Crippen LogP contribution in [0.2, 0.25) is 0 Å². The number of aromatic nitrogens is 2. The van der Waals surface area contributed by atoms with Crippen LogP contribution in [-0.2, 0) is 14.1 Å². The van der Waals surface area contributed by atoms with Crippen molar-refractivity contribution in [3.63, 3.8) is 0 Å². The first-order valence-corrected chi connectivity index (χ1v) is 19.4. The van der Waals surface area contributed by atoms with E-state index in [9.17, 15) is 30.6 Å². The number of thiophene rings is 4. The Labute approximate surface area is 320 Å². The van der Waals surface area contributed by atoms with Gasteiger partial charge in [0.25, 0.3) is 0 Å². The molecule has 2 aliphatic carbocycles. The molecule has 0 spiro atoms. The molecule has 252 valence electrons. The van der Waals surface area contributed by atoms with E-state index in [0.717, 1.165) is 50.3 Å². The van der Waals surface area contributed by atoms with Crippen LogP contribution in [0.4, 0.5) is 10.0 Å². The quantitative estimate of drug-likeness (QED) is 0.159. The first kappa shape index (κ1) is 31.9. The molecule has 0 saturated carbocycles. The fourth-order valence-corrected chi connectivity index (χ4v) is 12.9. The SMILES string of the molecule is Cn1c2cc(N=C3C(=O)c4ccccc4C3=C(C#N)C#N)sc2c2sc3c(sc4c5sc(N=C6C(=O)c7ccccc7C6=C(C#N)C#N)cc5n(C)c43)c21. The minimum atomic E-state index is -0.311. The van der Waals surface area contributed by atoms with Crippen molar-refractivity contribution in [3.8, 4) is 24.3 Å². The van der Waals surface area contributed by atoms with E-state index in [1.54, 1.807) is 71.2 Å². The van der Waals surface area contributed by atoms with Gasteiger partial charge in [-0.25, -0.2) is 9.98 Å². The first-order valence-electron chi connectivity index (χ1n) is 16.2. The van der Waals surface area contributed by atoms with Crippen LogP contribution in [0.1, 0.15) is 31.8 Å². The fraction of sp³-hybridized carbons (Fsp3) is 0.0500. The van der Waals surface area contributed by atoms with Crippen LogP contribution in [0.5, 0.6) is 0 Å². The van der Waals surface area contributed by atoms with Crippen molar-refractivity contribution in [3.05, 3.63) is 94.1 Å². The summed E-state index contributed by atoms with van der Waals surface area (Å²) in [5, 5.41) is 40.1. The molecular formula is C40H16N8O2S4. The molecule has 0 aliphatic heterocycles. The molecule has 10 rings (SSSR count). The summed E-state index contributed by atoms with van der Waals surface area (Å²) >= 11 is 6.36. The summed E-state index contributed by atoms with van der Waals surface area (Å²) in [6, 6.07) is 25.6. The third-order valence-electron chi connectivity index (χ3n) is 9.86. The Morgan fingerprint density at radius 2 is 0.889 bits per heavy atom. The molecule has 0 amide bonds. The van der Waals surface area contributed by atoms with Gasteiger partial charge < -0.3 is 9.13 Å². The summed E-state index contributed by atoms with van der Waals surface area (Å²) in [6.45, 7) is 0. The van der Waals surface area contributed by atoms with Crippen LogP contribution in [0.25, 0.3) is 61.4 Å². The number of nitrogens with zero attached hydrogens (tertiary/aromatic N) is 8. The van der Waals surface area contributed by atoms with Gasteiger partial charge in [-0.3, -0.25) is 9.59 Å². The second-order valence-corrected chi connectivity index (χ2v) is 16.7. The maximum Gasteiger partial charge on any atom is 0.212 e. The van der Waals surface area contributed by atoms with Crippen molar-refractivity contribution < 1.29 is 9.59 Å². The highest BCUT2D eigenvalue weighted by Gasteiger charge is 2.36. The molecule has 0 radical (unpaired) electrons. The Hall–Kier alpha value is -6.78. The number of benzene rings is 2. The van der Waals surface area contributed by atoms with Crippen LogP contribution >= 0.6 is 45.3 Å². The van der Waals surface area contributed by atoms with E-state index < -0.39 is 0 Å². The molecule has 6 aromatic heterocycles. The molecule has 0 bridgehead atoms. The van der Waals surface area contributed by atoms with E-state index in [1.165, 1.54) is 22.7 Å². The van der Waals surface area contributed by atoms with E-state index in [-0.39, 0.29) is 45.3 Å². The highest BCUT2D eigenvalue weighted by atomic mass is 32.1. The monoisotopic (exact) mass is 768 g/mol. The van der Waals surface area contributed by atoms with Gasteiger partial charge in [0.15, 0.2) is 0 Å². The number of fused-ring (bicyclic) bond motifs is 11. The predicted octanol–water partition coefficient (Wildman–Crippen LogP) is 9.92. The molecule has 2 aliphatic rings. The van der Waals surface area contributed by atoms with Crippen LogP contribution in [0, 0.1) is 45.3 Å². The zero-order chi connectivity index (χ0) is 37.2. The standard InChI is InChI=1S/C40H16N8O2S4/c1-47-23-11-25(45-29-27(17(13-41)14-42)19-7-3-5-9-21(19)33(29)49)51-35(23)37-31(47)39-40(53-37)32-38(54-39)36-24(48(32)2)12-26(52-36)46-30-28(18(15-43)16-44)20-8-4-6-10-22(20)34(30)50/h3-12H,1-2H3. The minimum Gasteiger partial charge on any atom is -0.341 e. The molecule has 0 atom stereocenters. The Bertz CT molecular complexity index is 3190. The lowest BCUT2D eigenvalue weighted by molar-refractivity contribution is 0.106. The lowest BCUT2D eigenvalue weighted by Crippen LogP contribution is -2.07. The number of Topliss-reactive ketones (excluding diaryl/α,β-unsaturated/α-hetero) is 2. The zero-order valence-electron chi connectivity index (χ0n) is 27.8. The molecular weight excluding hydrogens is 753 g/mol. The normalized spacial score (nSPS) is 15.2. The summed E-state index contributed by atoms with van der Waals surface area (Å²) in [6.07, 6.45) is 0. The summed E-state index contributed by atoms with van der Waals surface area (Å²) in [5.41, 5.74) is 6.52. The highest BCUT2D eigenvalue weighted by Crippen LogP contribution is 2.53. The lowest BCUT2D eigenvalue weighted by atomic mass is 10.0. The Morgan fingerprint density at radius 3 is 1.26 bits per heavy atom. The molecule has 0 fully saturated rings. The zero-order valence-corrected chi connectivity index (χ0v) is 31.1. The van der Waals surface area contributed by atoms with Crippen LogP contribution in [0.3, 0.4) is 0 Å². The number of aryl methyl sites for hydroxylation is 2. The molecule has 6 heterocycles. The van der Waals surface area contributed by atoms with Crippen molar-refractivity contribution in [2.24, 2.45) is 24.1 Å².